The van der Waals surface area contributed by atoms with Crippen LogP contribution in [0.1, 0.15) is 57.4 Å². The molecule has 1 aliphatic carbocycles. The van der Waals surface area contributed by atoms with Gasteiger partial charge in [0.2, 0.25) is 5.82 Å². The van der Waals surface area contributed by atoms with Gasteiger partial charge in [0.25, 0.3) is 5.89 Å². The highest BCUT2D eigenvalue weighted by Gasteiger charge is 2.21. The highest BCUT2D eigenvalue weighted by molar-refractivity contribution is 5.52. The Morgan fingerprint density at radius 3 is 2.57 bits per heavy atom. The van der Waals surface area contributed by atoms with Gasteiger partial charge in [0.1, 0.15) is 6.10 Å². The molecule has 2 aromatic rings. The maximum Gasteiger partial charge on any atom is 0.255 e. The Balaban J connectivity index is 1.65. The molecular formula is C16H21N3O2. The summed E-state index contributed by atoms with van der Waals surface area (Å²) in [4.78, 5) is 8.43. The predicted molar refractivity (Wildman–Crippen MR) is 78.5 cm³/mol. The summed E-state index contributed by atoms with van der Waals surface area (Å²) in [6, 6.07) is 3.73. The lowest BCUT2D eigenvalue weighted by Gasteiger charge is -2.18. The Morgan fingerprint density at radius 1 is 1.14 bits per heavy atom. The molecule has 1 atom stereocenters. The second-order valence-electron chi connectivity index (χ2n) is 5.58. The van der Waals surface area contributed by atoms with Gasteiger partial charge in [-0.25, -0.2) is 0 Å². The molecule has 112 valence electrons. The summed E-state index contributed by atoms with van der Waals surface area (Å²) in [7, 11) is 0. The minimum Gasteiger partial charge on any atom is -0.365 e. The van der Waals surface area contributed by atoms with Crippen molar-refractivity contribution in [2.45, 2.75) is 57.7 Å². The molecule has 1 saturated carbocycles. The zero-order chi connectivity index (χ0) is 14.5. The average molecular weight is 287 g/mol. The number of aromatic nitrogens is 3. The monoisotopic (exact) mass is 287 g/mol. The van der Waals surface area contributed by atoms with E-state index in [2.05, 4.69) is 15.1 Å². The van der Waals surface area contributed by atoms with Gasteiger partial charge in [-0.05, 0) is 31.9 Å². The highest BCUT2D eigenvalue weighted by Crippen LogP contribution is 2.26. The van der Waals surface area contributed by atoms with Crippen LogP contribution in [0, 0.1) is 0 Å². The quantitative estimate of drug-likeness (QED) is 0.797. The second kappa shape index (κ2) is 6.80. The number of rotatable bonds is 4. The van der Waals surface area contributed by atoms with Gasteiger partial charge in [0.15, 0.2) is 0 Å². The minimum absolute atomic E-state index is 0.156. The Kier molecular flexibility index (Phi) is 4.60. The van der Waals surface area contributed by atoms with Crippen molar-refractivity contribution in [2.24, 2.45) is 0 Å². The van der Waals surface area contributed by atoms with Gasteiger partial charge >= 0.3 is 0 Å². The van der Waals surface area contributed by atoms with Gasteiger partial charge in [0.05, 0.1) is 6.10 Å². The Bertz CT molecular complexity index is 548. The fourth-order valence-electron chi connectivity index (χ4n) is 2.74. The molecule has 1 aliphatic rings. The maximum atomic E-state index is 6.10. The zero-order valence-electron chi connectivity index (χ0n) is 12.4. The van der Waals surface area contributed by atoms with E-state index in [1.807, 2.05) is 19.1 Å². The smallest absolute Gasteiger partial charge is 0.255 e. The summed E-state index contributed by atoms with van der Waals surface area (Å²) in [5.74, 6) is 1.13. The fourth-order valence-corrected chi connectivity index (χ4v) is 2.74. The van der Waals surface area contributed by atoms with E-state index in [9.17, 15) is 0 Å². The standard InChI is InChI=1S/C16H21N3O2/c1-12(20-14-6-4-2-3-5-7-14)16-18-15(19-21-16)13-8-10-17-11-9-13/h8-12,14H,2-7H2,1H3/t12-/m0/s1. The van der Waals surface area contributed by atoms with Crippen molar-refractivity contribution in [2.75, 3.05) is 0 Å². The molecule has 0 bridgehead atoms. The third kappa shape index (κ3) is 3.67. The number of hydrogen-bond acceptors (Lipinski definition) is 5. The van der Waals surface area contributed by atoms with Gasteiger partial charge in [-0.1, -0.05) is 30.8 Å². The van der Waals surface area contributed by atoms with Crippen molar-refractivity contribution in [1.29, 1.82) is 0 Å². The second-order valence-corrected chi connectivity index (χ2v) is 5.58. The van der Waals surface area contributed by atoms with E-state index in [0.717, 1.165) is 18.4 Å². The van der Waals surface area contributed by atoms with Gasteiger partial charge in [-0.2, -0.15) is 4.98 Å². The van der Waals surface area contributed by atoms with Crippen LogP contribution in [0.5, 0.6) is 0 Å². The average Bonchev–Trinajstić information content (AvgIpc) is 2.88. The van der Waals surface area contributed by atoms with Crippen LogP contribution in [-0.2, 0) is 4.74 Å². The fraction of sp³-hybridized carbons (Fsp3) is 0.562. The summed E-state index contributed by atoms with van der Waals surface area (Å²) in [6.45, 7) is 1.98. The molecule has 0 unspecified atom stereocenters. The molecule has 2 aromatic heterocycles. The molecule has 0 amide bonds. The van der Waals surface area contributed by atoms with E-state index in [-0.39, 0.29) is 6.10 Å². The largest absolute Gasteiger partial charge is 0.365 e. The van der Waals surface area contributed by atoms with Gasteiger partial charge in [-0.3, -0.25) is 4.98 Å². The first-order valence-electron chi connectivity index (χ1n) is 7.72. The van der Waals surface area contributed by atoms with Crippen LogP contribution in [0.3, 0.4) is 0 Å². The molecule has 2 heterocycles. The van der Waals surface area contributed by atoms with Crippen LogP contribution >= 0.6 is 0 Å². The SMILES string of the molecule is C[C@H](OC1CCCCCC1)c1nc(-c2ccncc2)no1. The molecule has 5 nitrogen and oxygen atoms in total. The number of nitrogens with zero attached hydrogens (tertiary/aromatic N) is 3. The van der Waals surface area contributed by atoms with Crippen LogP contribution in [0.4, 0.5) is 0 Å². The van der Waals surface area contributed by atoms with Crippen LogP contribution in [-0.4, -0.2) is 21.2 Å². The van der Waals surface area contributed by atoms with Crippen LogP contribution in [0.2, 0.25) is 0 Å². The lowest BCUT2D eigenvalue weighted by molar-refractivity contribution is -0.0259. The Hall–Kier alpha value is -1.75. The van der Waals surface area contributed by atoms with Gasteiger partial charge in [-0.15, -0.1) is 0 Å². The van der Waals surface area contributed by atoms with Crippen molar-refractivity contribution in [1.82, 2.24) is 15.1 Å². The first-order chi connectivity index (χ1) is 10.3. The van der Waals surface area contributed by atoms with Crippen molar-refractivity contribution < 1.29 is 9.26 Å². The molecule has 3 rings (SSSR count). The highest BCUT2D eigenvalue weighted by atomic mass is 16.5. The molecule has 5 heteroatoms. The van der Waals surface area contributed by atoms with E-state index in [4.69, 9.17) is 9.26 Å². The van der Waals surface area contributed by atoms with Crippen molar-refractivity contribution >= 4 is 0 Å². The van der Waals surface area contributed by atoms with E-state index in [1.165, 1.54) is 25.7 Å². The summed E-state index contributed by atoms with van der Waals surface area (Å²) in [5.41, 5.74) is 0.904. The molecule has 0 aromatic carbocycles. The molecule has 0 aliphatic heterocycles. The molecular weight excluding hydrogens is 266 g/mol. The molecule has 0 radical (unpaired) electrons. The summed E-state index contributed by atoms with van der Waals surface area (Å²) < 4.78 is 11.4. The van der Waals surface area contributed by atoms with Crippen molar-refractivity contribution in [3.05, 3.63) is 30.4 Å². The normalized spacial score (nSPS) is 18.3. The third-order valence-corrected chi connectivity index (χ3v) is 3.93. The molecule has 1 fully saturated rings. The number of pyridine rings is 1. The predicted octanol–water partition coefficient (Wildman–Crippen LogP) is 3.93. The van der Waals surface area contributed by atoms with E-state index >= 15 is 0 Å². The lowest BCUT2D eigenvalue weighted by Crippen LogP contribution is -2.14. The molecule has 0 saturated heterocycles. The lowest BCUT2D eigenvalue weighted by atomic mass is 10.1. The zero-order valence-corrected chi connectivity index (χ0v) is 12.4. The number of ether oxygens (including phenoxy) is 1. The summed E-state index contributed by atoms with van der Waals surface area (Å²) in [5, 5.41) is 4.03. The Morgan fingerprint density at radius 2 is 1.86 bits per heavy atom. The molecule has 0 N–H and O–H groups in total. The van der Waals surface area contributed by atoms with Crippen molar-refractivity contribution in [3.8, 4) is 11.4 Å². The van der Waals surface area contributed by atoms with Crippen LogP contribution in [0.15, 0.2) is 29.0 Å². The number of hydrogen-bond donors (Lipinski definition) is 0. The first kappa shape index (κ1) is 14.2. The topological polar surface area (TPSA) is 61.0 Å². The Labute approximate surface area is 124 Å². The van der Waals surface area contributed by atoms with Gasteiger partial charge < -0.3 is 9.26 Å². The first-order valence-corrected chi connectivity index (χ1v) is 7.72. The van der Waals surface area contributed by atoms with Gasteiger partial charge in [0, 0.05) is 18.0 Å². The molecule has 0 spiro atoms. The third-order valence-electron chi connectivity index (χ3n) is 3.93. The summed E-state index contributed by atoms with van der Waals surface area (Å²) in [6.07, 6.45) is 11.0. The molecule has 21 heavy (non-hydrogen) atoms. The maximum absolute atomic E-state index is 6.10. The van der Waals surface area contributed by atoms with Crippen molar-refractivity contribution in [3.63, 3.8) is 0 Å². The van der Waals surface area contributed by atoms with Crippen LogP contribution < -0.4 is 0 Å². The van der Waals surface area contributed by atoms with Crippen LogP contribution in [0.25, 0.3) is 11.4 Å². The van der Waals surface area contributed by atoms with E-state index in [1.54, 1.807) is 12.4 Å². The summed E-state index contributed by atoms with van der Waals surface area (Å²) >= 11 is 0. The minimum atomic E-state index is -0.156. The van der Waals surface area contributed by atoms with E-state index in [0.29, 0.717) is 17.8 Å². The van der Waals surface area contributed by atoms with E-state index < -0.39 is 0 Å².